The van der Waals surface area contributed by atoms with Gasteiger partial charge >= 0.3 is 6.18 Å². The molecule has 4 heterocycles. The normalized spacial score (nSPS) is 18.7. The van der Waals surface area contributed by atoms with Gasteiger partial charge in [-0.05, 0) is 36.9 Å². The van der Waals surface area contributed by atoms with Crippen LogP contribution in [0.5, 0.6) is 0 Å². The van der Waals surface area contributed by atoms with Crippen LogP contribution in [0.4, 0.5) is 40.7 Å². The van der Waals surface area contributed by atoms with E-state index in [-0.39, 0.29) is 17.3 Å². The number of pyridine rings is 1. The lowest BCUT2D eigenvalue weighted by atomic mass is 9.97. The molecule has 2 aliphatic heterocycles. The molecule has 1 unspecified atom stereocenters. The summed E-state index contributed by atoms with van der Waals surface area (Å²) in [6.45, 7) is 3.95. The highest BCUT2D eigenvalue weighted by Gasteiger charge is 2.36. The zero-order chi connectivity index (χ0) is 28.1. The Morgan fingerprint density at radius 2 is 1.88 bits per heavy atom. The number of anilines is 4. The number of piperazine rings is 1. The van der Waals surface area contributed by atoms with E-state index in [0.29, 0.717) is 56.5 Å². The van der Waals surface area contributed by atoms with E-state index in [2.05, 4.69) is 36.1 Å². The summed E-state index contributed by atoms with van der Waals surface area (Å²) >= 11 is 0. The van der Waals surface area contributed by atoms with Crippen molar-refractivity contribution in [3.05, 3.63) is 65.4 Å². The van der Waals surface area contributed by atoms with Gasteiger partial charge in [0.15, 0.2) is 11.6 Å². The summed E-state index contributed by atoms with van der Waals surface area (Å²) in [5, 5.41) is 10.2. The molecule has 0 saturated carbocycles. The number of ether oxygens (including phenoxy) is 1. The van der Waals surface area contributed by atoms with Crippen LogP contribution in [0.3, 0.4) is 0 Å². The van der Waals surface area contributed by atoms with Gasteiger partial charge in [-0.25, -0.2) is 14.8 Å². The molecule has 0 amide bonds. The van der Waals surface area contributed by atoms with Crippen LogP contribution in [0.2, 0.25) is 0 Å². The van der Waals surface area contributed by atoms with Crippen molar-refractivity contribution in [2.45, 2.75) is 12.2 Å². The lowest BCUT2D eigenvalue weighted by Crippen LogP contribution is -2.44. The molecule has 0 radical (unpaired) electrons. The largest absolute Gasteiger partial charge is 0.416 e. The zero-order valence-electron chi connectivity index (χ0n) is 21.7. The van der Waals surface area contributed by atoms with E-state index in [1.165, 1.54) is 18.5 Å². The fraction of sp³-hybridized carbons (Fsp3) is 0.385. The summed E-state index contributed by atoms with van der Waals surface area (Å²) in [6, 6.07) is 7.21. The quantitative estimate of drug-likeness (QED) is 0.228. The van der Waals surface area contributed by atoms with Gasteiger partial charge < -0.3 is 25.2 Å². The number of rotatable bonds is 7. The number of alkyl halides is 3. The first-order valence-electron chi connectivity index (χ1n) is 12.8. The molecule has 0 spiro atoms. The third-order valence-corrected chi connectivity index (χ3v) is 6.59. The van der Waals surface area contributed by atoms with Crippen molar-refractivity contribution in [2.24, 2.45) is 5.10 Å². The number of morpholine rings is 1. The van der Waals surface area contributed by atoms with E-state index in [0.717, 1.165) is 18.8 Å². The highest BCUT2D eigenvalue weighted by Crippen LogP contribution is 2.37. The zero-order valence-corrected chi connectivity index (χ0v) is 21.7. The van der Waals surface area contributed by atoms with Crippen molar-refractivity contribution < 1.29 is 22.3 Å². The Morgan fingerprint density at radius 1 is 1.07 bits per heavy atom. The first kappa shape index (κ1) is 27.7. The first-order chi connectivity index (χ1) is 19.3. The van der Waals surface area contributed by atoms with Gasteiger partial charge in [0.05, 0.1) is 48.8 Å². The average molecular weight is 560 g/mol. The molecule has 2 fully saturated rings. The summed E-state index contributed by atoms with van der Waals surface area (Å²) in [7, 11) is 1.90. The molecule has 2 aliphatic rings. The number of aromatic nitrogens is 3. The predicted octanol–water partition coefficient (Wildman–Crippen LogP) is 3.63. The topological polar surface area (TPSA) is 103 Å². The standard InChI is InChI=1S/C26H29F4N9O/c1-38-7-6-31-23(16-38)20-5-4-17(12-21(20)26(28,29)30)35-19-3-2-18(32-13-19)14-34-37-25-33-15-22(27)24(36-25)39-8-10-40-11-9-39/h2-5,12-15,23,31,35H,6-11,16H2,1H3,(H,33,36,37)/b34-14+. The minimum absolute atomic E-state index is 0.122. The lowest BCUT2D eigenvalue weighted by molar-refractivity contribution is -0.138. The SMILES string of the molecule is CN1CCNC(c2ccc(Nc3ccc(/C=N/Nc4ncc(F)c(N5CCOCC5)n4)nc3)cc2C(F)(F)F)C1. The maximum atomic E-state index is 14.2. The Labute approximate surface area is 228 Å². The van der Waals surface area contributed by atoms with Crippen molar-refractivity contribution >= 4 is 29.4 Å². The first-order valence-corrected chi connectivity index (χ1v) is 12.8. The highest BCUT2D eigenvalue weighted by molar-refractivity contribution is 5.78. The monoisotopic (exact) mass is 559 g/mol. The smallest absolute Gasteiger partial charge is 0.378 e. The second-order valence-corrected chi connectivity index (χ2v) is 9.50. The molecular formula is C26H29F4N9O. The molecule has 5 rings (SSSR count). The fourth-order valence-corrected chi connectivity index (χ4v) is 4.58. The van der Waals surface area contributed by atoms with Gasteiger partial charge in [-0.3, -0.25) is 4.98 Å². The van der Waals surface area contributed by atoms with E-state index in [4.69, 9.17) is 4.74 Å². The molecule has 3 N–H and O–H groups in total. The van der Waals surface area contributed by atoms with Gasteiger partial charge in [-0.1, -0.05) is 6.07 Å². The molecule has 40 heavy (non-hydrogen) atoms. The third-order valence-electron chi connectivity index (χ3n) is 6.59. The van der Waals surface area contributed by atoms with Gasteiger partial charge in [0, 0.05) is 44.5 Å². The Kier molecular flexibility index (Phi) is 8.38. The second kappa shape index (κ2) is 12.1. The number of hydrogen-bond donors (Lipinski definition) is 3. The van der Waals surface area contributed by atoms with Crippen molar-refractivity contribution in [1.29, 1.82) is 0 Å². The van der Waals surface area contributed by atoms with Crippen LogP contribution in [0.1, 0.15) is 22.9 Å². The van der Waals surface area contributed by atoms with E-state index in [9.17, 15) is 17.6 Å². The van der Waals surface area contributed by atoms with Crippen molar-refractivity contribution in [1.82, 2.24) is 25.2 Å². The highest BCUT2D eigenvalue weighted by atomic mass is 19.4. The number of benzene rings is 1. The molecular weight excluding hydrogens is 530 g/mol. The summed E-state index contributed by atoms with van der Waals surface area (Å²) in [4.78, 5) is 16.2. The summed E-state index contributed by atoms with van der Waals surface area (Å²) < 4.78 is 61.2. The number of likely N-dealkylation sites (N-methyl/N-ethyl adjacent to an activating group) is 1. The van der Waals surface area contributed by atoms with Crippen LogP contribution in [-0.2, 0) is 10.9 Å². The maximum Gasteiger partial charge on any atom is 0.416 e. The van der Waals surface area contributed by atoms with Gasteiger partial charge in [0.1, 0.15) is 0 Å². The molecule has 2 aromatic heterocycles. The van der Waals surface area contributed by atoms with Crippen LogP contribution in [0.15, 0.2) is 47.8 Å². The molecule has 3 aromatic rings. The fourth-order valence-electron chi connectivity index (χ4n) is 4.58. The Morgan fingerprint density at radius 3 is 2.60 bits per heavy atom. The number of hydrazone groups is 1. The van der Waals surface area contributed by atoms with Crippen molar-refractivity contribution in [2.75, 3.05) is 68.6 Å². The Hall–Kier alpha value is -3.88. The summed E-state index contributed by atoms with van der Waals surface area (Å²) in [5.41, 5.74) is 3.51. The molecule has 0 aliphatic carbocycles. The van der Waals surface area contributed by atoms with Crippen LogP contribution in [0, 0.1) is 5.82 Å². The van der Waals surface area contributed by atoms with Crippen LogP contribution < -0.4 is 21.0 Å². The molecule has 0 bridgehead atoms. The van der Waals surface area contributed by atoms with Crippen LogP contribution >= 0.6 is 0 Å². The number of nitrogens with one attached hydrogen (secondary N) is 3. The van der Waals surface area contributed by atoms with Crippen LogP contribution in [-0.4, -0.2) is 79.1 Å². The van der Waals surface area contributed by atoms with E-state index < -0.39 is 23.6 Å². The summed E-state index contributed by atoms with van der Waals surface area (Å²) in [6.07, 6.45) is -0.497. The predicted molar refractivity (Wildman–Crippen MR) is 143 cm³/mol. The van der Waals surface area contributed by atoms with Crippen molar-refractivity contribution in [3.63, 3.8) is 0 Å². The average Bonchev–Trinajstić information content (AvgIpc) is 2.95. The number of nitrogens with zero attached hydrogens (tertiary/aromatic N) is 6. The number of halogens is 4. The van der Waals surface area contributed by atoms with E-state index in [1.807, 2.05) is 11.9 Å². The molecule has 1 aromatic carbocycles. The Balaban J connectivity index is 1.23. The minimum Gasteiger partial charge on any atom is -0.378 e. The molecule has 2 saturated heterocycles. The second-order valence-electron chi connectivity index (χ2n) is 9.50. The third kappa shape index (κ3) is 6.81. The minimum atomic E-state index is -4.49. The van der Waals surface area contributed by atoms with Gasteiger partial charge in [-0.15, -0.1) is 0 Å². The van der Waals surface area contributed by atoms with E-state index in [1.54, 1.807) is 23.1 Å². The molecule has 1 atom stereocenters. The molecule has 10 nitrogen and oxygen atoms in total. The summed E-state index contributed by atoms with van der Waals surface area (Å²) in [5.74, 6) is -0.235. The molecule has 212 valence electrons. The van der Waals surface area contributed by atoms with Crippen LogP contribution in [0.25, 0.3) is 0 Å². The van der Waals surface area contributed by atoms with Gasteiger partial charge in [0.25, 0.3) is 0 Å². The Bertz CT molecular complexity index is 1330. The van der Waals surface area contributed by atoms with Crippen molar-refractivity contribution in [3.8, 4) is 0 Å². The van der Waals surface area contributed by atoms with E-state index >= 15 is 0 Å². The van der Waals surface area contributed by atoms with Gasteiger partial charge in [0.2, 0.25) is 5.95 Å². The van der Waals surface area contributed by atoms with Gasteiger partial charge in [-0.2, -0.15) is 23.3 Å². The number of hydrogen-bond acceptors (Lipinski definition) is 10. The molecule has 14 heteroatoms. The maximum absolute atomic E-state index is 14.2. The lowest BCUT2D eigenvalue weighted by Gasteiger charge is -2.32.